The van der Waals surface area contributed by atoms with Gasteiger partial charge in [0.25, 0.3) is 0 Å². The van der Waals surface area contributed by atoms with Gasteiger partial charge < -0.3 is 10.0 Å². The molecule has 7 heteroatoms. The minimum absolute atomic E-state index is 0.0170. The van der Waals surface area contributed by atoms with Crippen LogP contribution in [0.2, 0.25) is 0 Å². The zero-order chi connectivity index (χ0) is 16.2. The molecule has 0 saturated carbocycles. The highest BCUT2D eigenvalue weighted by Gasteiger charge is 2.24. The van der Waals surface area contributed by atoms with Gasteiger partial charge in [-0.05, 0) is 43.5 Å². The first-order chi connectivity index (χ1) is 11.1. The van der Waals surface area contributed by atoms with Gasteiger partial charge >= 0.3 is 0 Å². The third kappa shape index (κ3) is 4.11. The van der Waals surface area contributed by atoms with Crippen LogP contribution in [0, 0.1) is 17.6 Å². The van der Waals surface area contributed by atoms with E-state index in [9.17, 15) is 13.9 Å². The summed E-state index contributed by atoms with van der Waals surface area (Å²) in [5.74, 6) is -0.701. The topological polar surface area (TPSA) is 54.2 Å². The summed E-state index contributed by atoms with van der Waals surface area (Å²) in [4.78, 5) is 6.03. The highest BCUT2D eigenvalue weighted by molar-refractivity contribution is 5.21. The normalized spacial score (nSPS) is 20.6. The van der Waals surface area contributed by atoms with E-state index < -0.39 is 17.7 Å². The van der Waals surface area contributed by atoms with E-state index in [1.165, 1.54) is 6.33 Å². The minimum Gasteiger partial charge on any atom is -0.387 e. The molecule has 1 N–H and O–H groups in total. The van der Waals surface area contributed by atoms with Crippen molar-refractivity contribution >= 4 is 0 Å². The van der Waals surface area contributed by atoms with Crippen LogP contribution in [0.1, 0.15) is 24.5 Å². The van der Waals surface area contributed by atoms with Crippen LogP contribution in [0.4, 0.5) is 8.78 Å². The van der Waals surface area contributed by atoms with Gasteiger partial charge in [0, 0.05) is 25.2 Å². The number of β-amino-alcohol motifs (C(OH)–C–C–N with tert-alkyl or cyclic N) is 1. The van der Waals surface area contributed by atoms with Gasteiger partial charge in [0.15, 0.2) is 0 Å². The molecule has 0 spiro atoms. The van der Waals surface area contributed by atoms with Gasteiger partial charge in [-0.15, -0.1) is 0 Å². The van der Waals surface area contributed by atoms with Crippen molar-refractivity contribution in [1.29, 1.82) is 0 Å². The summed E-state index contributed by atoms with van der Waals surface area (Å²) in [5, 5.41) is 14.4. The van der Waals surface area contributed by atoms with Crippen molar-refractivity contribution in [2.45, 2.75) is 25.5 Å². The molecule has 1 aromatic heterocycles. The zero-order valence-electron chi connectivity index (χ0n) is 12.8. The molecule has 1 fully saturated rings. The van der Waals surface area contributed by atoms with E-state index in [0.717, 1.165) is 50.7 Å². The van der Waals surface area contributed by atoms with Crippen LogP contribution in [0.15, 0.2) is 30.9 Å². The quantitative estimate of drug-likeness (QED) is 0.915. The first-order valence-corrected chi connectivity index (χ1v) is 7.79. The average Bonchev–Trinajstić information content (AvgIpc) is 3.03. The second-order valence-corrected chi connectivity index (χ2v) is 6.07. The summed E-state index contributed by atoms with van der Waals surface area (Å²) in [7, 11) is 0. The molecular formula is C16H20F2N4O. The van der Waals surface area contributed by atoms with E-state index >= 15 is 0 Å². The number of likely N-dealkylation sites (tertiary alicyclic amines) is 1. The van der Waals surface area contributed by atoms with E-state index in [1.54, 1.807) is 11.0 Å². The molecule has 124 valence electrons. The maximum Gasteiger partial charge on any atom is 0.137 e. The van der Waals surface area contributed by atoms with Crippen LogP contribution in [0.3, 0.4) is 0 Å². The molecule has 23 heavy (non-hydrogen) atoms. The second-order valence-electron chi connectivity index (χ2n) is 6.07. The van der Waals surface area contributed by atoms with E-state index in [0.29, 0.717) is 12.5 Å². The number of aliphatic hydroxyl groups is 1. The fourth-order valence-corrected chi connectivity index (χ4v) is 3.17. The van der Waals surface area contributed by atoms with Crippen molar-refractivity contribution in [3.05, 3.63) is 48.1 Å². The molecule has 0 radical (unpaired) electrons. The van der Waals surface area contributed by atoms with E-state index in [1.807, 2.05) is 0 Å². The minimum atomic E-state index is -1.03. The van der Waals surface area contributed by atoms with Gasteiger partial charge in [0.1, 0.15) is 24.3 Å². The molecular weight excluding hydrogens is 302 g/mol. The Morgan fingerprint density at radius 2 is 2.22 bits per heavy atom. The third-order valence-electron chi connectivity index (χ3n) is 4.26. The molecule has 2 unspecified atom stereocenters. The lowest BCUT2D eigenvalue weighted by atomic mass is 9.97. The number of benzene rings is 1. The number of piperidine rings is 1. The predicted molar refractivity (Wildman–Crippen MR) is 80.5 cm³/mol. The molecule has 2 heterocycles. The summed E-state index contributed by atoms with van der Waals surface area (Å²) in [6.07, 6.45) is 4.27. The molecule has 0 amide bonds. The Bertz CT molecular complexity index is 635. The summed E-state index contributed by atoms with van der Waals surface area (Å²) in [6.45, 7) is 2.73. The van der Waals surface area contributed by atoms with Crippen molar-refractivity contribution in [1.82, 2.24) is 19.7 Å². The monoisotopic (exact) mass is 322 g/mol. The van der Waals surface area contributed by atoms with Crippen molar-refractivity contribution < 1.29 is 13.9 Å². The van der Waals surface area contributed by atoms with Gasteiger partial charge in [-0.3, -0.25) is 4.68 Å². The van der Waals surface area contributed by atoms with Gasteiger partial charge in [0.05, 0.1) is 6.10 Å². The van der Waals surface area contributed by atoms with Crippen molar-refractivity contribution in [3.63, 3.8) is 0 Å². The number of halogens is 2. The lowest BCUT2D eigenvalue weighted by Crippen LogP contribution is -2.39. The molecule has 2 aromatic rings. The number of hydrogen-bond donors (Lipinski definition) is 1. The SMILES string of the molecule is OC(CN1CCCC(Cn2cncn2)C1)c1cc(F)ccc1F. The Morgan fingerprint density at radius 3 is 3.00 bits per heavy atom. The van der Waals surface area contributed by atoms with Gasteiger partial charge in [-0.2, -0.15) is 5.10 Å². The van der Waals surface area contributed by atoms with Crippen LogP contribution < -0.4 is 0 Å². The molecule has 5 nitrogen and oxygen atoms in total. The molecule has 1 aliphatic rings. The number of hydrogen-bond acceptors (Lipinski definition) is 4. The molecule has 1 saturated heterocycles. The van der Waals surface area contributed by atoms with Gasteiger partial charge in [-0.25, -0.2) is 13.8 Å². The lowest BCUT2D eigenvalue weighted by Gasteiger charge is -2.33. The number of aliphatic hydroxyl groups excluding tert-OH is 1. The maximum atomic E-state index is 13.7. The molecule has 2 atom stereocenters. The Hall–Kier alpha value is -1.86. The average molecular weight is 322 g/mol. The highest BCUT2D eigenvalue weighted by atomic mass is 19.1. The van der Waals surface area contributed by atoms with Crippen LogP contribution in [0.5, 0.6) is 0 Å². The van der Waals surface area contributed by atoms with Crippen LogP contribution in [-0.4, -0.2) is 44.4 Å². The molecule has 1 aliphatic heterocycles. The molecule has 0 bridgehead atoms. The fraction of sp³-hybridized carbons (Fsp3) is 0.500. The Labute approximate surface area is 133 Å². The Balaban J connectivity index is 1.59. The fourth-order valence-electron chi connectivity index (χ4n) is 3.17. The number of nitrogens with zero attached hydrogens (tertiary/aromatic N) is 4. The van der Waals surface area contributed by atoms with Crippen molar-refractivity contribution in [3.8, 4) is 0 Å². The Kier molecular flexibility index (Phi) is 4.97. The van der Waals surface area contributed by atoms with Crippen molar-refractivity contribution in [2.24, 2.45) is 5.92 Å². The summed E-state index contributed by atoms with van der Waals surface area (Å²) >= 11 is 0. The third-order valence-corrected chi connectivity index (χ3v) is 4.26. The smallest absolute Gasteiger partial charge is 0.137 e. The van der Waals surface area contributed by atoms with E-state index in [2.05, 4.69) is 15.0 Å². The predicted octanol–water partition coefficient (Wildman–Crippen LogP) is 2.00. The number of rotatable bonds is 5. The van der Waals surface area contributed by atoms with Crippen molar-refractivity contribution in [2.75, 3.05) is 19.6 Å². The summed E-state index contributed by atoms with van der Waals surface area (Å²) in [6, 6.07) is 3.18. The molecule has 0 aliphatic carbocycles. The van der Waals surface area contributed by atoms with E-state index in [-0.39, 0.29) is 5.56 Å². The summed E-state index contributed by atoms with van der Waals surface area (Å²) < 4.78 is 28.8. The molecule has 1 aromatic carbocycles. The second kappa shape index (κ2) is 7.14. The summed E-state index contributed by atoms with van der Waals surface area (Å²) in [5.41, 5.74) is 0.0170. The van der Waals surface area contributed by atoms with Gasteiger partial charge in [-0.1, -0.05) is 0 Å². The zero-order valence-corrected chi connectivity index (χ0v) is 12.8. The standard InChI is InChI=1S/C16H20F2N4O/c17-13-3-4-15(18)14(6-13)16(23)9-21-5-1-2-12(7-21)8-22-11-19-10-20-22/h3-4,6,10-12,16,23H,1-2,5,7-9H2. The van der Waals surface area contributed by atoms with E-state index in [4.69, 9.17) is 0 Å². The van der Waals surface area contributed by atoms with Gasteiger partial charge in [0.2, 0.25) is 0 Å². The first-order valence-electron chi connectivity index (χ1n) is 7.79. The number of aromatic nitrogens is 3. The first kappa shape index (κ1) is 16.0. The molecule has 3 rings (SSSR count). The highest BCUT2D eigenvalue weighted by Crippen LogP contribution is 2.23. The van der Waals surface area contributed by atoms with Crippen LogP contribution >= 0.6 is 0 Å². The Morgan fingerprint density at radius 1 is 1.35 bits per heavy atom. The van der Waals surface area contributed by atoms with Crippen LogP contribution in [0.25, 0.3) is 0 Å². The maximum absolute atomic E-state index is 13.7. The largest absolute Gasteiger partial charge is 0.387 e. The lowest BCUT2D eigenvalue weighted by molar-refractivity contribution is 0.0778. The van der Waals surface area contributed by atoms with Crippen LogP contribution in [-0.2, 0) is 6.54 Å².